The molecule has 7 unspecified atom stereocenters. The Hall–Kier alpha value is -7.35. The summed E-state index contributed by atoms with van der Waals surface area (Å²) in [4.78, 5) is 158. The average molecular weight is 1520 g/mol. The molecule has 1 fully saturated rings. The van der Waals surface area contributed by atoms with Crippen LogP contribution in [0.4, 0.5) is 0 Å². The predicted molar refractivity (Wildman–Crippen MR) is 387 cm³/mol. The van der Waals surface area contributed by atoms with Gasteiger partial charge in [-0.2, -0.15) is 5.26 Å². The smallest absolute Gasteiger partial charge is 0.316 e. The Kier molecular flexibility index (Phi) is 79.9. The number of hydrogen-bond acceptors (Lipinski definition) is 21. The molecule has 0 aromatic heterocycles. The first-order valence-electron chi connectivity index (χ1n) is 33.3. The second-order valence-electron chi connectivity index (χ2n) is 25.5. The number of nitriles is 1. The molecule has 7 atom stereocenters. The third-order valence-electron chi connectivity index (χ3n) is 13.1. The number of aliphatic hydroxyl groups excluding tert-OH is 1. The van der Waals surface area contributed by atoms with Crippen LogP contribution in [0.1, 0.15) is 213 Å². The number of carboxylic acid groups (broad SMARTS) is 4. The summed E-state index contributed by atoms with van der Waals surface area (Å²) < 4.78 is 27.6. The first kappa shape index (κ1) is 113. The van der Waals surface area contributed by atoms with Crippen LogP contribution < -0.4 is 0 Å². The highest BCUT2D eigenvalue weighted by Gasteiger charge is 2.25. The van der Waals surface area contributed by atoms with Gasteiger partial charge in [0, 0.05) is 168 Å². The van der Waals surface area contributed by atoms with Crippen molar-refractivity contribution < 1.29 is 116 Å². The SMILES string of the molecule is CC(=O)OC(C)=O.CC(C)CCO.CC(C)CCOC(=O)C(C)CCC(=O)N(C)C.CC(C)CCOC(=O)CCC(C)C(=O)N(C)C.CC(CCC(=O)N(C)C)C(=O)O.CC(CCC(=O)O)C(=O)N(C)C.CC(CCC(=O)O)C(=O)O.CC1CCC(=O)OC1=O.O=S(Cl)Cl.[C-]#[N+]C(C)CCC#N. The summed E-state index contributed by atoms with van der Waals surface area (Å²) in [5.74, 6) is -5.72. The first-order chi connectivity index (χ1) is 46.7. The Labute approximate surface area is 617 Å². The van der Waals surface area contributed by atoms with Crippen molar-refractivity contribution in [2.45, 2.75) is 219 Å². The van der Waals surface area contributed by atoms with E-state index in [1.54, 1.807) is 89.0 Å². The van der Waals surface area contributed by atoms with E-state index in [1.807, 2.05) is 19.9 Å². The summed E-state index contributed by atoms with van der Waals surface area (Å²) >= 11 is 0. The Morgan fingerprint density at radius 3 is 1.17 bits per heavy atom. The fraction of sp³-hybridized carbons (Fsp3) is 0.768. The van der Waals surface area contributed by atoms with Gasteiger partial charge in [0.05, 0.1) is 43.0 Å². The number of rotatable bonds is 30. The standard InChI is InChI=1S/2C13H25NO3.2C8H15NO3.C6H8N2.C6H10O4.C6H8O3.C5H12O.C4H6O3.Cl2OS/c1-10(2)8-9-17-12(15)7-6-11(3)13(16)14(4)5;1-10(2)8-9-17-13(16)11(3)6-7-12(15)14(4)5;1-6(4-5-7(10)11)8(12)9(2)3;1-6(8(11)12)4-5-7(10)9(2)3;1-6(8-2)4-3-5-7;1-4(6(9)10)2-3-5(7)8;1-4-2-3-5(7)9-6(4)8;1-5(2)3-4-6;1-3(5)7-4(2)6;1-4(2)3/h2*10-11H,6-9H2,1-5H3;6H,4-5H2,1-3H3,(H,10,11);6H,4-5H2,1-3H3,(H,11,12);6H,3-4H2,1H3;4H,2-3H2,1H3,(H,7,8)(H,9,10);4H,2-3H2,1H3;5-6H,3-4H2,1-2H3;1-2H3;. The largest absolute Gasteiger partial charge is 0.481 e. The third-order valence-corrected chi connectivity index (χ3v) is 13.1. The Morgan fingerprint density at radius 1 is 0.559 bits per heavy atom. The molecule has 0 aromatic carbocycles. The van der Waals surface area contributed by atoms with E-state index in [4.69, 9.17) is 51.0 Å². The quantitative estimate of drug-likeness (QED) is 0.0147. The molecule has 0 bridgehead atoms. The number of halogens is 2. The number of carbonyl (C=O) groups excluding carboxylic acids is 10. The van der Waals surface area contributed by atoms with Gasteiger partial charge >= 0.3 is 59.7 Å². The van der Waals surface area contributed by atoms with Crippen molar-refractivity contribution in [2.75, 3.05) is 76.2 Å². The van der Waals surface area contributed by atoms with E-state index in [0.717, 1.165) is 19.3 Å². The lowest BCUT2D eigenvalue weighted by Crippen LogP contribution is -2.28. The van der Waals surface area contributed by atoms with Gasteiger partial charge in [0.15, 0.2) is 0 Å². The topological polar surface area (TPSA) is 435 Å². The maximum absolute atomic E-state index is 11.6. The second-order valence-corrected chi connectivity index (χ2v) is 28.1. The number of ether oxygens (including phenoxy) is 4. The fourth-order valence-electron chi connectivity index (χ4n) is 6.17. The van der Waals surface area contributed by atoms with Gasteiger partial charge in [-0.25, -0.2) is 10.8 Å². The molecular weight excluding hydrogens is 1400 g/mol. The number of esters is 6. The molecule has 5 N–H and O–H groups in total. The summed E-state index contributed by atoms with van der Waals surface area (Å²) in [7, 11) is 20.9. The van der Waals surface area contributed by atoms with Crippen LogP contribution in [-0.2, 0) is 95.3 Å². The van der Waals surface area contributed by atoms with Crippen LogP contribution in [0.2, 0.25) is 0 Å². The van der Waals surface area contributed by atoms with Crippen LogP contribution in [0.25, 0.3) is 4.85 Å². The second kappa shape index (κ2) is 72.0. The fourth-order valence-corrected chi connectivity index (χ4v) is 6.17. The number of nitrogens with zero attached hydrogens (tertiary/aromatic N) is 6. The lowest BCUT2D eigenvalue weighted by atomic mass is 10.0. The van der Waals surface area contributed by atoms with Crippen molar-refractivity contribution in [3.8, 4) is 6.07 Å². The third kappa shape index (κ3) is 92.6. The van der Waals surface area contributed by atoms with E-state index in [0.29, 0.717) is 108 Å². The maximum atomic E-state index is 11.6. The lowest BCUT2D eigenvalue weighted by Gasteiger charge is -2.16. The van der Waals surface area contributed by atoms with Gasteiger partial charge in [-0.3, -0.25) is 67.1 Å². The molecule has 1 aliphatic rings. The van der Waals surface area contributed by atoms with Crippen LogP contribution in [0.15, 0.2) is 0 Å². The van der Waals surface area contributed by atoms with Gasteiger partial charge in [-0.15, -0.1) is 0 Å². The molecule has 0 spiro atoms. The van der Waals surface area contributed by atoms with Crippen LogP contribution in [-0.4, -0.2) is 215 Å². The van der Waals surface area contributed by atoms with Crippen molar-refractivity contribution in [1.82, 2.24) is 19.6 Å². The lowest BCUT2D eigenvalue weighted by molar-refractivity contribution is -0.167. The minimum atomic E-state index is -1.67. The van der Waals surface area contributed by atoms with Gasteiger partial charge < -0.3 is 68.9 Å². The minimum absolute atomic E-state index is 0.0174. The normalized spacial score (nSPS) is 13.0. The van der Waals surface area contributed by atoms with Crippen LogP contribution in [0.3, 0.4) is 0 Å². The van der Waals surface area contributed by atoms with Gasteiger partial charge in [0.1, 0.15) is 0 Å². The van der Waals surface area contributed by atoms with E-state index in [2.05, 4.69) is 77.2 Å². The van der Waals surface area contributed by atoms with Crippen molar-refractivity contribution in [3.63, 3.8) is 0 Å². The Bertz CT molecular complexity index is 2510. The zero-order valence-electron chi connectivity index (χ0n) is 64.8. The number of aliphatic hydroxyl groups is 1. The van der Waals surface area contributed by atoms with Crippen molar-refractivity contribution in [1.29, 1.82) is 5.26 Å². The Balaban J connectivity index is -0.000000138. The zero-order valence-corrected chi connectivity index (χ0v) is 67.1. The van der Waals surface area contributed by atoms with Gasteiger partial charge in [0.2, 0.25) is 38.9 Å². The monoisotopic (exact) mass is 1520 g/mol. The summed E-state index contributed by atoms with van der Waals surface area (Å²) in [6.45, 7) is 34.8. The van der Waals surface area contributed by atoms with Crippen LogP contribution >= 0.6 is 21.4 Å². The molecule has 102 heavy (non-hydrogen) atoms. The summed E-state index contributed by atoms with van der Waals surface area (Å²) in [6, 6.07) is 2.01. The van der Waals surface area contributed by atoms with E-state index >= 15 is 0 Å². The summed E-state index contributed by atoms with van der Waals surface area (Å²) in [5, 5.41) is 49.6. The molecule has 0 saturated carbocycles. The number of carboxylic acids is 4. The van der Waals surface area contributed by atoms with E-state index < -0.39 is 62.8 Å². The number of aliphatic carboxylic acids is 4. The number of hydrogen-bond donors (Lipinski definition) is 5. The van der Waals surface area contributed by atoms with E-state index in [1.165, 1.54) is 35.5 Å². The molecule has 0 radical (unpaired) electrons. The number of carbonyl (C=O) groups is 14. The predicted octanol–water partition coefficient (Wildman–Crippen LogP) is 10.1. The van der Waals surface area contributed by atoms with Crippen LogP contribution in [0.5, 0.6) is 0 Å². The molecule has 1 aliphatic heterocycles. The Morgan fingerprint density at radius 2 is 0.902 bits per heavy atom. The van der Waals surface area contributed by atoms with Crippen molar-refractivity contribution in [3.05, 3.63) is 11.4 Å². The highest BCUT2D eigenvalue weighted by molar-refractivity contribution is 8.26. The minimum Gasteiger partial charge on any atom is -0.481 e. The van der Waals surface area contributed by atoms with Crippen molar-refractivity contribution in [2.24, 2.45) is 53.3 Å². The zero-order chi connectivity index (χ0) is 82.1. The molecule has 1 rings (SSSR count). The molecule has 594 valence electrons. The molecule has 0 aliphatic carbocycles. The molecular formula is C69H124Cl2N6O24S. The van der Waals surface area contributed by atoms with Gasteiger partial charge in [-0.05, 0) is 75.5 Å². The molecule has 1 heterocycles. The van der Waals surface area contributed by atoms with Crippen LogP contribution in [0, 0.1) is 71.2 Å². The highest BCUT2D eigenvalue weighted by Crippen LogP contribution is 2.15. The summed E-state index contributed by atoms with van der Waals surface area (Å²) in [6.07, 6.45) is 8.06. The van der Waals surface area contributed by atoms with Gasteiger partial charge in [0.25, 0.3) is 0 Å². The first-order valence-corrected chi connectivity index (χ1v) is 36.1. The highest BCUT2D eigenvalue weighted by atomic mass is 36.0. The molecule has 4 amide bonds. The molecule has 30 nitrogen and oxygen atoms in total. The molecule has 1 saturated heterocycles. The van der Waals surface area contributed by atoms with E-state index in [-0.39, 0.29) is 90.5 Å². The van der Waals surface area contributed by atoms with Gasteiger partial charge in [-0.1, -0.05) is 83.1 Å². The molecule has 0 aromatic rings. The maximum Gasteiger partial charge on any atom is 0.316 e. The number of amides is 4. The molecule has 33 heteroatoms. The van der Waals surface area contributed by atoms with Crippen molar-refractivity contribution >= 4 is 114 Å². The summed E-state index contributed by atoms with van der Waals surface area (Å²) in [5.41, 5.74) is 0. The average Bonchev–Trinajstić information content (AvgIpc) is 0.919. The van der Waals surface area contributed by atoms with E-state index in [9.17, 15) is 67.1 Å². The number of cyclic esters (lactones) is 2.